The van der Waals surface area contributed by atoms with Crippen molar-refractivity contribution < 1.29 is 18.3 Å². The average molecular weight is 338 g/mol. The first kappa shape index (κ1) is 16.0. The number of ether oxygens (including phenoxy) is 1. The van der Waals surface area contributed by atoms with E-state index >= 15 is 0 Å². The van der Waals surface area contributed by atoms with Crippen LogP contribution in [0.5, 0.6) is 5.75 Å². The Kier molecular flexibility index (Phi) is 5.64. The summed E-state index contributed by atoms with van der Waals surface area (Å²) < 4.78 is 28.4. The van der Waals surface area contributed by atoms with Gasteiger partial charge in [0.1, 0.15) is 5.75 Å². The molecule has 1 aliphatic heterocycles. The molecule has 0 saturated carbocycles. The van der Waals surface area contributed by atoms with E-state index in [0.717, 1.165) is 22.8 Å². The standard InChI is InChI=1S/C12H17ClNO4PS/c1-3-17-19(15,18-4-2)20-9-14-8-16-12-7-10(13)5-6-11(12)14/h5-7H,3-4,8-9H2,1-2H3. The Balaban J connectivity index is 2.00. The number of benzene rings is 1. The number of fused-ring (bicyclic) bond motifs is 1. The van der Waals surface area contributed by atoms with E-state index in [4.69, 9.17) is 25.4 Å². The molecule has 5 nitrogen and oxygen atoms in total. The predicted molar refractivity (Wildman–Crippen MR) is 82.7 cm³/mol. The zero-order valence-electron chi connectivity index (χ0n) is 11.4. The van der Waals surface area contributed by atoms with Crippen LogP contribution in [0.15, 0.2) is 18.2 Å². The fraction of sp³-hybridized carbons (Fsp3) is 0.500. The minimum atomic E-state index is -3.10. The van der Waals surface area contributed by atoms with Gasteiger partial charge in [0, 0.05) is 11.1 Å². The number of rotatable bonds is 7. The molecule has 0 N–H and O–H groups in total. The van der Waals surface area contributed by atoms with E-state index in [-0.39, 0.29) is 0 Å². The maximum absolute atomic E-state index is 12.4. The van der Waals surface area contributed by atoms with Gasteiger partial charge >= 0.3 is 6.80 Å². The molecule has 0 spiro atoms. The Bertz CT molecular complexity index is 506. The van der Waals surface area contributed by atoms with Gasteiger partial charge < -0.3 is 18.7 Å². The Hall–Kier alpha value is -0.390. The van der Waals surface area contributed by atoms with Gasteiger partial charge in [-0.15, -0.1) is 0 Å². The first-order valence-electron chi connectivity index (χ1n) is 6.29. The van der Waals surface area contributed by atoms with Gasteiger partial charge in [-0.3, -0.25) is 0 Å². The van der Waals surface area contributed by atoms with Crippen molar-refractivity contribution in [2.75, 3.05) is 30.7 Å². The van der Waals surface area contributed by atoms with E-state index in [0.29, 0.717) is 30.8 Å². The van der Waals surface area contributed by atoms with Crippen LogP contribution in [0.1, 0.15) is 13.8 Å². The van der Waals surface area contributed by atoms with Gasteiger partial charge in [0.2, 0.25) is 0 Å². The molecule has 112 valence electrons. The van der Waals surface area contributed by atoms with Crippen molar-refractivity contribution in [3.63, 3.8) is 0 Å². The van der Waals surface area contributed by atoms with Gasteiger partial charge in [-0.25, -0.2) is 4.57 Å². The summed E-state index contributed by atoms with van der Waals surface area (Å²) in [7, 11) is 0. The van der Waals surface area contributed by atoms with Gasteiger partial charge in [-0.1, -0.05) is 11.6 Å². The summed E-state index contributed by atoms with van der Waals surface area (Å²) in [6.45, 7) is 1.60. The van der Waals surface area contributed by atoms with Gasteiger partial charge in [0.15, 0.2) is 6.73 Å². The van der Waals surface area contributed by atoms with Crippen LogP contribution in [0.4, 0.5) is 5.69 Å². The van der Waals surface area contributed by atoms with Crippen molar-refractivity contribution in [3.8, 4) is 5.75 Å². The minimum absolute atomic E-state index is 0.354. The van der Waals surface area contributed by atoms with Crippen LogP contribution < -0.4 is 9.64 Å². The summed E-state index contributed by atoms with van der Waals surface area (Å²) in [5.41, 5.74) is 0.932. The highest BCUT2D eigenvalue weighted by molar-refractivity contribution is 8.55. The van der Waals surface area contributed by atoms with Crippen LogP contribution in [-0.2, 0) is 13.6 Å². The number of hydrogen-bond acceptors (Lipinski definition) is 6. The van der Waals surface area contributed by atoms with Crippen LogP contribution in [-0.4, -0.2) is 25.8 Å². The van der Waals surface area contributed by atoms with Crippen LogP contribution in [0.25, 0.3) is 0 Å². The molecule has 0 saturated heterocycles. The monoisotopic (exact) mass is 337 g/mol. The third-order valence-corrected chi connectivity index (χ3v) is 6.64. The first-order chi connectivity index (χ1) is 9.58. The van der Waals surface area contributed by atoms with Gasteiger partial charge in [0.25, 0.3) is 0 Å². The van der Waals surface area contributed by atoms with Gasteiger partial charge in [0.05, 0.1) is 24.8 Å². The predicted octanol–water partition coefficient (Wildman–Crippen LogP) is 4.37. The average Bonchev–Trinajstić information content (AvgIpc) is 2.79. The summed E-state index contributed by atoms with van der Waals surface area (Å²) >= 11 is 7.08. The lowest BCUT2D eigenvalue weighted by Gasteiger charge is -2.20. The van der Waals surface area contributed by atoms with E-state index in [2.05, 4.69) is 0 Å². The summed E-state index contributed by atoms with van der Waals surface area (Å²) in [6, 6.07) is 5.46. The summed E-state index contributed by atoms with van der Waals surface area (Å²) in [5.74, 6) is 1.20. The second kappa shape index (κ2) is 7.05. The molecular weight excluding hydrogens is 321 g/mol. The zero-order chi connectivity index (χ0) is 14.6. The molecule has 0 unspecified atom stereocenters. The SMILES string of the molecule is CCOP(=O)(OCC)SCN1COc2cc(Cl)ccc21. The minimum Gasteiger partial charge on any atom is -0.471 e. The van der Waals surface area contributed by atoms with Crippen LogP contribution in [0, 0.1) is 0 Å². The number of nitrogens with zero attached hydrogens (tertiary/aromatic N) is 1. The molecule has 1 aromatic carbocycles. The van der Waals surface area contributed by atoms with E-state index in [9.17, 15) is 4.57 Å². The molecule has 0 bridgehead atoms. The smallest absolute Gasteiger partial charge is 0.390 e. The number of anilines is 1. The highest BCUT2D eigenvalue weighted by atomic mass is 35.5. The topological polar surface area (TPSA) is 48.0 Å². The summed E-state index contributed by atoms with van der Waals surface area (Å²) in [5, 5.41) is 0.632. The molecule has 1 heterocycles. The highest BCUT2D eigenvalue weighted by Gasteiger charge is 2.28. The Morgan fingerprint density at radius 2 is 2.10 bits per heavy atom. The molecule has 0 amide bonds. The number of halogens is 1. The Morgan fingerprint density at radius 3 is 2.75 bits per heavy atom. The van der Waals surface area contributed by atoms with E-state index in [1.54, 1.807) is 26.0 Å². The van der Waals surface area contributed by atoms with E-state index in [1.807, 2.05) is 11.0 Å². The molecule has 0 aliphatic carbocycles. The fourth-order valence-electron chi connectivity index (χ4n) is 1.76. The maximum atomic E-state index is 12.4. The first-order valence-corrected chi connectivity index (χ1v) is 9.80. The molecule has 0 radical (unpaired) electrons. The van der Waals surface area contributed by atoms with Crippen molar-refractivity contribution in [2.45, 2.75) is 13.8 Å². The zero-order valence-corrected chi connectivity index (χ0v) is 13.8. The van der Waals surface area contributed by atoms with Crippen molar-refractivity contribution in [3.05, 3.63) is 23.2 Å². The Labute approximate surface area is 127 Å². The molecule has 1 aliphatic rings. The van der Waals surface area contributed by atoms with Gasteiger partial charge in [-0.05, 0) is 37.4 Å². The van der Waals surface area contributed by atoms with E-state index < -0.39 is 6.80 Å². The summed E-state index contributed by atoms with van der Waals surface area (Å²) in [4.78, 5) is 1.96. The molecule has 2 rings (SSSR count). The van der Waals surface area contributed by atoms with Crippen molar-refractivity contribution >= 4 is 35.5 Å². The molecular formula is C12H17ClNO4PS. The van der Waals surface area contributed by atoms with Crippen LogP contribution in [0.3, 0.4) is 0 Å². The quantitative estimate of drug-likeness (QED) is 0.689. The van der Waals surface area contributed by atoms with E-state index in [1.165, 1.54) is 0 Å². The van der Waals surface area contributed by atoms with Crippen LogP contribution >= 0.6 is 29.8 Å². The molecule has 0 aromatic heterocycles. The molecule has 20 heavy (non-hydrogen) atoms. The maximum Gasteiger partial charge on any atom is 0.390 e. The third-order valence-electron chi connectivity index (χ3n) is 2.58. The molecule has 0 fully saturated rings. The van der Waals surface area contributed by atoms with Gasteiger partial charge in [-0.2, -0.15) is 0 Å². The van der Waals surface area contributed by atoms with Crippen molar-refractivity contribution in [1.82, 2.24) is 0 Å². The highest BCUT2D eigenvalue weighted by Crippen LogP contribution is 2.61. The van der Waals surface area contributed by atoms with Crippen LogP contribution in [0.2, 0.25) is 5.02 Å². The lowest BCUT2D eigenvalue weighted by molar-refractivity contribution is 0.237. The third kappa shape index (κ3) is 3.83. The second-order valence-electron chi connectivity index (χ2n) is 3.97. The summed E-state index contributed by atoms with van der Waals surface area (Å²) in [6.07, 6.45) is 0. The van der Waals surface area contributed by atoms with Crippen molar-refractivity contribution in [2.24, 2.45) is 0 Å². The molecule has 8 heteroatoms. The second-order valence-corrected chi connectivity index (χ2v) is 8.45. The largest absolute Gasteiger partial charge is 0.471 e. The normalized spacial score (nSPS) is 14.2. The Morgan fingerprint density at radius 1 is 1.40 bits per heavy atom. The number of hydrogen-bond donors (Lipinski definition) is 0. The molecule has 1 aromatic rings. The van der Waals surface area contributed by atoms with Crippen molar-refractivity contribution in [1.29, 1.82) is 0 Å². The fourth-order valence-corrected chi connectivity index (χ4v) is 5.19. The molecule has 0 atom stereocenters. The lowest BCUT2D eigenvalue weighted by Crippen LogP contribution is -2.21. The lowest BCUT2D eigenvalue weighted by atomic mass is 10.3.